The summed E-state index contributed by atoms with van der Waals surface area (Å²) in [6.45, 7) is 5.93. The van der Waals surface area contributed by atoms with E-state index >= 15 is 0 Å². The number of unbranched alkanes of at least 4 members (excludes halogenated alkanes) is 1. The van der Waals surface area contributed by atoms with Gasteiger partial charge in [0.25, 0.3) is 0 Å². The predicted octanol–water partition coefficient (Wildman–Crippen LogP) is 2.77. The second-order valence-corrected chi connectivity index (χ2v) is 3.98. The van der Waals surface area contributed by atoms with Gasteiger partial charge in [0.1, 0.15) is 12.1 Å². The highest BCUT2D eigenvalue weighted by molar-refractivity contribution is 6.00. The zero-order valence-electron chi connectivity index (χ0n) is 10.5. The Balaban J connectivity index is 3.15. The maximum Gasteiger partial charge on any atom is 0.175 e. The summed E-state index contributed by atoms with van der Waals surface area (Å²) in [5.41, 5.74) is 3.24. The molecule has 0 aliphatic carbocycles. The topological polar surface area (TPSA) is 72.0 Å². The maximum atomic E-state index is 8.97. The van der Waals surface area contributed by atoms with E-state index in [9.17, 15) is 0 Å². The number of rotatable bonds is 3. The van der Waals surface area contributed by atoms with E-state index in [1.54, 1.807) is 0 Å². The molecule has 0 saturated heterocycles. The van der Waals surface area contributed by atoms with Crippen LogP contribution in [-0.2, 0) is 0 Å². The molecule has 4 nitrogen and oxygen atoms in total. The van der Waals surface area contributed by atoms with Gasteiger partial charge in [-0.1, -0.05) is 13.3 Å². The van der Waals surface area contributed by atoms with Gasteiger partial charge in [-0.3, -0.25) is 0 Å². The lowest BCUT2D eigenvalue weighted by Crippen LogP contribution is -2.13. The summed E-state index contributed by atoms with van der Waals surface area (Å²) in [7, 11) is 0. The van der Waals surface area contributed by atoms with Crippen molar-refractivity contribution in [3.8, 4) is 12.1 Å². The van der Waals surface area contributed by atoms with Gasteiger partial charge in [0, 0.05) is 11.4 Å². The summed E-state index contributed by atoms with van der Waals surface area (Å²) in [4.78, 5) is 4.22. The van der Waals surface area contributed by atoms with E-state index in [-0.39, 0.29) is 11.4 Å². The SMILES string of the molecule is CCCCC1=C(C)NC(C#N)=C(C#N)N=C1C. The molecule has 88 valence electrons. The predicted molar refractivity (Wildman–Crippen MR) is 66.7 cm³/mol. The minimum atomic E-state index is 0.163. The summed E-state index contributed by atoms with van der Waals surface area (Å²) in [5.74, 6) is 0. The molecule has 1 rings (SSSR count). The highest BCUT2D eigenvalue weighted by Crippen LogP contribution is 2.19. The molecule has 0 spiro atoms. The molecular weight excluding hydrogens is 212 g/mol. The molecule has 0 atom stereocenters. The minimum absolute atomic E-state index is 0.163. The fraction of sp³-hybridized carbons (Fsp3) is 0.462. The van der Waals surface area contributed by atoms with Gasteiger partial charge >= 0.3 is 0 Å². The Labute approximate surface area is 102 Å². The molecule has 4 heteroatoms. The monoisotopic (exact) mass is 228 g/mol. The quantitative estimate of drug-likeness (QED) is 0.807. The van der Waals surface area contributed by atoms with Crippen LogP contribution in [0, 0.1) is 22.7 Å². The maximum absolute atomic E-state index is 8.97. The van der Waals surface area contributed by atoms with Crippen molar-refractivity contribution in [1.82, 2.24) is 5.32 Å². The van der Waals surface area contributed by atoms with Crippen LogP contribution in [-0.4, -0.2) is 5.71 Å². The van der Waals surface area contributed by atoms with E-state index in [1.165, 1.54) is 0 Å². The molecule has 0 aromatic carbocycles. The van der Waals surface area contributed by atoms with Crippen LogP contribution in [0.1, 0.15) is 40.0 Å². The highest BCUT2D eigenvalue weighted by Gasteiger charge is 2.15. The third kappa shape index (κ3) is 2.95. The highest BCUT2D eigenvalue weighted by atomic mass is 14.9. The number of hydrogen-bond donors (Lipinski definition) is 1. The van der Waals surface area contributed by atoms with Crippen LogP contribution >= 0.6 is 0 Å². The van der Waals surface area contributed by atoms with Gasteiger partial charge in [-0.05, 0) is 32.3 Å². The molecule has 0 amide bonds. The summed E-state index contributed by atoms with van der Waals surface area (Å²) in [6.07, 6.45) is 3.10. The summed E-state index contributed by atoms with van der Waals surface area (Å²) < 4.78 is 0. The van der Waals surface area contributed by atoms with Gasteiger partial charge in [0.15, 0.2) is 11.4 Å². The van der Waals surface area contributed by atoms with Crippen molar-refractivity contribution in [2.75, 3.05) is 0 Å². The average Bonchev–Trinajstić information content (AvgIpc) is 2.44. The van der Waals surface area contributed by atoms with Crippen molar-refractivity contribution in [3.63, 3.8) is 0 Å². The number of nitrogens with zero attached hydrogens (tertiary/aromatic N) is 3. The van der Waals surface area contributed by atoms with Crippen LogP contribution in [0.25, 0.3) is 0 Å². The zero-order chi connectivity index (χ0) is 12.8. The first-order valence-electron chi connectivity index (χ1n) is 5.71. The molecule has 0 radical (unpaired) electrons. The Hall–Kier alpha value is -2.07. The third-order valence-electron chi connectivity index (χ3n) is 2.72. The van der Waals surface area contributed by atoms with E-state index in [1.807, 2.05) is 26.0 Å². The van der Waals surface area contributed by atoms with Crippen LogP contribution < -0.4 is 5.32 Å². The van der Waals surface area contributed by atoms with Crippen molar-refractivity contribution < 1.29 is 0 Å². The lowest BCUT2D eigenvalue weighted by atomic mass is 10.0. The number of nitrogens with one attached hydrogen (secondary N) is 1. The summed E-state index contributed by atoms with van der Waals surface area (Å²) >= 11 is 0. The third-order valence-corrected chi connectivity index (χ3v) is 2.72. The number of hydrogen-bond acceptors (Lipinski definition) is 4. The Kier molecular flexibility index (Phi) is 4.48. The Morgan fingerprint density at radius 2 is 1.94 bits per heavy atom. The molecule has 0 aromatic heterocycles. The van der Waals surface area contributed by atoms with Crippen LogP contribution in [0.15, 0.2) is 27.7 Å². The van der Waals surface area contributed by atoms with E-state index < -0.39 is 0 Å². The number of nitriles is 2. The second-order valence-electron chi connectivity index (χ2n) is 3.98. The van der Waals surface area contributed by atoms with E-state index in [0.717, 1.165) is 36.2 Å². The Morgan fingerprint density at radius 1 is 1.24 bits per heavy atom. The normalized spacial score (nSPS) is 15.7. The fourth-order valence-corrected chi connectivity index (χ4v) is 1.77. The summed E-state index contributed by atoms with van der Waals surface area (Å²) in [6, 6.07) is 3.93. The van der Waals surface area contributed by atoms with Crippen LogP contribution in [0.2, 0.25) is 0 Å². The first-order chi connectivity index (χ1) is 8.13. The van der Waals surface area contributed by atoms with Crippen molar-refractivity contribution in [2.45, 2.75) is 40.0 Å². The lowest BCUT2D eigenvalue weighted by molar-refractivity contribution is 0.790. The van der Waals surface area contributed by atoms with Gasteiger partial charge in [-0.2, -0.15) is 10.5 Å². The van der Waals surface area contributed by atoms with Crippen molar-refractivity contribution in [2.24, 2.45) is 4.99 Å². The minimum Gasteiger partial charge on any atom is -0.348 e. The molecule has 0 aromatic rings. The van der Waals surface area contributed by atoms with Crippen molar-refractivity contribution >= 4 is 5.71 Å². The molecule has 0 unspecified atom stereocenters. The van der Waals surface area contributed by atoms with Crippen LogP contribution in [0.5, 0.6) is 0 Å². The van der Waals surface area contributed by atoms with E-state index in [4.69, 9.17) is 10.5 Å². The van der Waals surface area contributed by atoms with Crippen LogP contribution in [0.4, 0.5) is 0 Å². The number of allylic oxidation sites excluding steroid dienone is 4. The van der Waals surface area contributed by atoms with Gasteiger partial charge < -0.3 is 5.32 Å². The Morgan fingerprint density at radius 3 is 2.47 bits per heavy atom. The molecule has 0 bridgehead atoms. The largest absolute Gasteiger partial charge is 0.348 e. The molecule has 0 saturated carbocycles. The van der Waals surface area contributed by atoms with Gasteiger partial charge in [0.2, 0.25) is 0 Å². The first kappa shape index (κ1) is 13.0. The zero-order valence-corrected chi connectivity index (χ0v) is 10.5. The fourth-order valence-electron chi connectivity index (χ4n) is 1.77. The number of aliphatic imine (C=N–C) groups is 1. The molecule has 1 aliphatic rings. The molecule has 17 heavy (non-hydrogen) atoms. The Bertz CT molecular complexity index is 481. The first-order valence-corrected chi connectivity index (χ1v) is 5.71. The van der Waals surface area contributed by atoms with Gasteiger partial charge in [-0.15, -0.1) is 0 Å². The molecule has 1 heterocycles. The molecule has 1 aliphatic heterocycles. The van der Waals surface area contributed by atoms with E-state index in [2.05, 4.69) is 17.2 Å². The van der Waals surface area contributed by atoms with Crippen molar-refractivity contribution in [1.29, 1.82) is 10.5 Å². The van der Waals surface area contributed by atoms with Crippen molar-refractivity contribution in [3.05, 3.63) is 22.7 Å². The van der Waals surface area contributed by atoms with Gasteiger partial charge in [0.05, 0.1) is 0 Å². The lowest BCUT2D eigenvalue weighted by Gasteiger charge is -2.10. The standard InChI is InChI=1S/C13H16N4/c1-4-5-6-11-9(2)16-12(7-14)13(8-15)17-10(11)3/h16H,4-6H2,1-3H3. The molecular formula is C13H16N4. The smallest absolute Gasteiger partial charge is 0.175 e. The van der Waals surface area contributed by atoms with Crippen LogP contribution in [0.3, 0.4) is 0 Å². The molecule has 0 fully saturated rings. The van der Waals surface area contributed by atoms with E-state index in [0.29, 0.717) is 0 Å². The molecule has 1 N–H and O–H groups in total. The average molecular weight is 228 g/mol. The second kappa shape index (κ2) is 5.86. The van der Waals surface area contributed by atoms with Gasteiger partial charge in [-0.25, -0.2) is 4.99 Å². The summed E-state index contributed by atoms with van der Waals surface area (Å²) in [5, 5.41) is 20.9.